The molecule has 2 aliphatic rings. The summed E-state index contributed by atoms with van der Waals surface area (Å²) in [7, 11) is 0. The molecule has 0 spiro atoms. The Morgan fingerprint density at radius 3 is 2.95 bits per heavy atom. The van der Waals surface area contributed by atoms with Crippen molar-refractivity contribution in [2.75, 3.05) is 19.7 Å². The third-order valence-corrected chi connectivity index (χ3v) is 4.64. The Labute approximate surface area is 124 Å². The predicted molar refractivity (Wildman–Crippen MR) is 76.8 cm³/mol. The average molecular weight is 293 g/mol. The lowest BCUT2D eigenvalue weighted by atomic mass is 10.1. The van der Waals surface area contributed by atoms with E-state index in [1.807, 2.05) is 4.68 Å². The van der Waals surface area contributed by atoms with E-state index in [2.05, 4.69) is 20.9 Å². The number of aliphatic hydroxyl groups excluding tert-OH is 1. The maximum Gasteiger partial charge on any atom is 0.273 e. The van der Waals surface area contributed by atoms with E-state index in [-0.39, 0.29) is 24.5 Å². The second kappa shape index (κ2) is 6.53. The fraction of sp³-hybridized carbons (Fsp3) is 0.786. The average Bonchev–Trinajstić information content (AvgIpc) is 3.17. The van der Waals surface area contributed by atoms with Crippen LogP contribution in [0.3, 0.4) is 0 Å². The van der Waals surface area contributed by atoms with Gasteiger partial charge in [0.05, 0.1) is 12.2 Å². The maximum atomic E-state index is 12.2. The number of carbonyl (C=O) groups excluding carboxylic acids is 1. The summed E-state index contributed by atoms with van der Waals surface area (Å²) in [5.41, 5.74) is 0.372. The molecule has 116 valence electrons. The van der Waals surface area contributed by atoms with Gasteiger partial charge in [0.15, 0.2) is 5.69 Å². The highest BCUT2D eigenvalue weighted by Crippen LogP contribution is 2.25. The Kier molecular flexibility index (Phi) is 4.50. The monoisotopic (exact) mass is 293 g/mol. The van der Waals surface area contributed by atoms with Crippen molar-refractivity contribution in [3.8, 4) is 0 Å². The molecule has 1 aromatic heterocycles. The van der Waals surface area contributed by atoms with E-state index in [1.54, 1.807) is 6.20 Å². The van der Waals surface area contributed by atoms with Gasteiger partial charge in [0.25, 0.3) is 5.91 Å². The molecule has 1 saturated heterocycles. The lowest BCUT2D eigenvalue weighted by Gasteiger charge is -2.22. The SMILES string of the molecule is O=C(NC1CCCC1CO)c1cn(C2CCNCC2)nn1. The van der Waals surface area contributed by atoms with Gasteiger partial charge in [0.2, 0.25) is 0 Å². The van der Waals surface area contributed by atoms with Crippen LogP contribution in [-0.2, 0) is 0 Å². The number of aromatic nitrogens is 3. The molecular formula is C14H23N5O2. The number of nitrogens with one attached hydrogen (secondary N) is 2. The van der Waals surface area contributed by atoms with E-state index in [4.69, 9.17) is 0 Å². The van der Waals surface area contributed by atoms with Crippen LogP contribution in [0.5, 0.6) is 0 Å². The molecular weight excluding hydrogens is 270 g/mol. The zero-order valence-electron chi connectivity index (χ0n) is 12.2. The molecule has 3 N–H and O–H groups in total. The summed E-state index contributed by atoms with van der Waals surface area (Å²) in [5.74, 6) is -0.00560. The van der Waals surface area contributed by atoms with Gasteiger partial charge in [-0.3, -0.25) is 4.79 Å². The molecule has 1 saturated carbocycles. The molecule has 2 unspecified atom stereocenters. The van der Waals surface area contributed by atoms with Crippen molar-refractivity contribution in [2.24, 2.45) is 5.92 Å². The van der Waals surface area contributed by atoms with Crippen molar-refractivity contribution >= 4 is 5.91 Å². The van der Waals surface area contributed by atoms with Crippen LogP contribution in [0.2, 0.25) is 0 Å². The van der Waals surface area contributed by atoms with Gasteiger partial charge in [0.1, 0.15) is 0 Å². The fourth-order valence-corrected chi connectivity index (χ4v) is 3.32. The Bertz CT molecular complexity index is 483. The van der Waals surface area contributed by atoms with Gasteiger partial charge in [-0.05, 0) is 38.8 Å². The first-order valence-corrected chi connectivity index (χ1v) is 7.82. The lowest BCUT2D eigenvalue weighted by molar-refractivity contribution is 0.0911. The van der Waals surface area contributed by atoms with Gasteiger partial charge in [0, 0.05) is 18.6 Å². The summed E-state index contributed by atoms with van der Waals surface area (Å²) in [5, 5.41) is 23.7. The molecule has 2 atom stereocenters. The van der Waals surface area contributed by atoms with Crippen LogP contribution in [-0.4, -0.2) is 51.7 Å². The molecule has 0 aromatic carbocycles. The largest absolute Gasteiger partial charge is 0.396 e. The van der Waals surface area contributed by atoms with Crippen LogP contribution in [0.1, 0.15) is 48.6 Å². The predicted octanol–water partition coefficient (Wildman–Crippen LogP) is 0.0934. The van der Waals surface area contributed by atoms with Crippen LogP contribution >= 0.6 is 0 Å². The third kappa shape index (κ3) is 3.24. The van der Waals surface area contributed by atoms with Crippen LogP contribution in [0, 0.1) is 5.92 Å². The first-order valence-electron chi connectivity index (χ1n) is 7.82. The molecule has 0 bridgehead atoms. The highest BCUT2D eigenvalue weighted by atomic mass is 16.3. The minimum Gasteiger partial charge on any atom is -0.396 e. The minimum absolute atomic E-state index is 0.0616. The molecule has 1 amide bonds. The summed E-state index contributed by atoms with van der Waals surface area (Å²) in [6.07, 6.45) is 6.73. The first-order chi connectivity index (χ1) is 10.3. The fourth-order valence-electron chi connectivity index (χ4n) is 3.32. The molecule has 7 heteroatoms. The number of nitrogens with zero attached hydrogens (tertiary/aromatic N) is 3. The van der Waals surface area contributed by atoms with Crippen molar-refractivity contribution in [3.63, 3.8) is 0 Å². The smallest absolute Gasteiger partial charge is 0.273 e. The van der Waals surface area contributed by atoms with E-state index in [9.17, 15) is 9.90 Å². The van der Waals surface area contributed by atoms with Gasteiger partial charge in [-0.15, -0.1) is 5.10 Å². The number of hydrogen-bond donors (Lipinski definition) is 3. The Balaban J connectivity index is 1.61. The van der Waals surface area contributed by atoms with Crippen LogP contribution in [0.15, 0.2) is 6.20 Å². The molecule has 3 rings (SSSR count). The highest BCUT2D eigenvalue weighted by Gasteiger charge is 2.29. The van der Waals surface area contributed by atoms with Crippen molar-refractivity contribution < 1.29 is 9.90 Å². The van der Waals surface area contributed by atoms with E-state index in [0.29, 0.717) is 11.7 Å². The molecule has 1 aliphatic carbocycles. The summed E-state index contributed by atoms with van der Waals surface area (Å²) < 4.78 is 1.81. The zero-order chi connectivity index (χ0) is 14.7. The van der Waals surface area contributed by atoms with Crippen molar-refractivity contribution in [1.29, 1.82) is 0 Å². The third-order valence-electron chi connectivity index (χ3n) is 4.64. The molecule has 2 heterocycles. The molecule has 7 nitrogen and oxygen atoms in total. The zero-order valence-corrected chi connectivity index (χ0v) is 12.2. The topological polar surface area (TPSA) is 92.1 Å². The van der Waals surface area contributed by atoms with E-state index in [0.717, 1.165) is 45.2 Å². The number of rotatable bonds is 4. The Hall–Kier alpha value is -1.47. The van der Waals surface area contributed by atoms with Gasteiger partial charge in [-0.2, -0.15) is 0 Å². The standard InChI is InChI=1S/C14H23N5O2/c20-9-10-2-1-3-12(10)16-14(21)13-8-19(18-17-13)11-4-6-15-7-5-11/h8,10-12,15,20H,1-7,9H2,(H,16,21). The van der Waals surface area contributed by atoms with Gasteiger partial charge in [-0.25, -0.2) is 4.68 Å². The minimum atomic E-state index is -0.180. The Morgan fingerprint density at radius 1 is 1.38 bits per heavy atom. The highest BCUT2D eigenvalue weighted by molar-refractivity contribution is 5.92. The van der Waals surface area contributed by atoms with Crippen LogP contribution < -0.4 is 10.6 Å². The molecule has 0 radical (unpaired) electrons. The summed E-state index contributed by atoms with van der Waals surface area (Å²) in [4.78, 5) is 12.2. The van der Waals surface area contributed by atoms with Gasteiger partial charge < -0.3 is 15.7 Å². The summed E-state index contributed by atoms with van der Waals surface area (Å²) >= 11 is 0. The molecule has 1 aromatic rings. The van der Waals surface area contributed by atoms with Crippen LogP contribution in [0.25, 0.3) is 0 Å². The van der Waals surface area contributed by atoms with Crippen molar-refractivity contribution in [1.82, 2.24) is 25.6 Å². The molecule has 1 aliphatic heterocycles. The lowest BCUT2D eigenvalue weighted by Crippen LogP contribution is -2.38. The van der Waals surface area contributed by atoms with E-state index in [1.165, 1.54) is 0 Å². The number of hydrogen-bond acceptors (Lipinski definition) is 5. The molecule has 21 heavy (non-hydrogen) atoms. The maximum absolute atomic E-state index is 12.2. The van der Waals surface area contributed by atoms with Crippen molar-refractivity contribution in [3.05, 3.63) is 11.9 Å². The summed E-state index contributed by atoms with van der Waals surface area (Å²) in [6.45, 7) is 2.09. The van der Waals surface area contributed by atoms with Gasteiger partial charge in [-0.1, -0.05) is 11.6 Å². The quantitative estimate of drug-likeness (QED) is 0.732. The van der Waals surface area contributed by atoms with E-state index < -0.39 is 0 Å². The first kappa shape index (κ1) is 14.5. The van der Waals surface area contributed by atoms with Crippen molar-refractivity contribution in [2.45, 2.75) is 44.2 Å². The second-order valence-electron chi connectivity index (χ2n) is 6.02. The number of aliphatic hydroxyl groups is 1. The Morgan fingerprint density at radius 2 is 2.19 bits per heavy atom. The normalized spacial score (nSPS) is 26.9. The number of piperidine rings is 1. The molecule has 2 fully saturated rings. The number of carbonyl (C=O) groups is 1. The second-order valence-corrected chi connectivity index (χ2v) is 6.02. The van der Waals surface area contributed by atoms with E-state index >= 15 is 0 Å². The van der Waals surface area contributed by atoms with Gasteiger partial charge >= 0.3 is 0 Å². The number of amides is 1. The van der Waals surface area contributed by atoms with Crippen LogP contribution in [0.4, 0.5) is 0 Å². The summed E-state index contributed by atoms with van der Waals surface area (Å²) in [6, 6.07) is 0.392.